The number of hydrogen-bond donors (Lipinski definition) is 1. The summed E-state index contributed by atoms with van der Waals surface area (Å²) < 4.78 is 0. The highest BCUT2D eigenvalue weighted by Gasteiger charge is 2.22. The minimum absolute atomic E-state index is 0.100. The molecular weight excluding hydrogens is 374 g/mol. The van der Waals surface area contributed by atoms with Gasteiger partial charge < -0.3 is 15.1 Å². The Morgan fingerprint density at radius 2 is 1.79 bits per heavy atom. The number of hydrogen-bond acceptors (Lipinski definition) is 4. The summed E-state index contributed by atoms with van der Waals surface area (Å²) in [5.41, 5.74) is 5.31. The first-order valence-corrected chi connectivity index (χ1v) is 10.0. The number of carbonyl (C=O) groups excluding carboxylic acids is 2. The number of Topliss-reactive ketones (excluding diaryl/α,β-unsaturated/α-hetero) is 1. The molecule has 1 fully saturated rings. The molecule has 1 saturated heterocycles. The molecule has 2 aromatic carbocycles. The predicted octanol–water partition coefficient (Wildman–Crippen LogP) is 3.08. The van der Waals surface area contributed by atoms with Crippen LogP contribution in [0.2, 0.25) is 5.02 Å². The quantitative estimate of drug-likeness (QED) is 0.861. The molecule has 0 saturated carbocycles. The Labute approximate surface area is 170 Å². The van der Waals surface area contributed by atoms with E-state index in [1.165, 1.54) is 0 Å². The van der Waals surface area contributed by atoms with Crippen LogP contribution in [0.4, 0.5) is 11.4 Å². The zero-order valence-corrected chi connectivity index (χ0v) is 16.8. The molecule has 28 heavy (non-hydrogen) atoms. The van der Waals surface area contributed by atoms with E-state index in [9.17, 15) is 9.59 Å². The van der Waals surface area contributed by atoms with Gasteiger partial charge in [-0.3, -0.25) is 9.59 Å². The summed E-state index contributed by atoms with van der Waals surface area (Å²) in [4.78, 5) is 28.3. The van der Waals surface area contributed by atoms with Crippen LogP contribution in [-0.4, -0.2) is 49.3 Å². The number of ketones is 1. The number of halogens is 1. The fourth-order valence-electron chi connectivity index (χ4n) is 3.89. The van der Waals surface area contributed by atoms with Crippen molar-refractivity contribution in [2.45, 2.75) is 19.8 Å². The van der Waals surface area contributed by atoms with Crippen LogP contribution in [0.15, 0.2) is 36.4 Å². The minimum Gasteiger partial charge on any atom is -0.376 e. The molecule has 0 atom stereocenters. The minimum atomic E-state index is 0.100. The zero-order chi connectivity index (χ0) is 19.7. The first-order valence-electron chi connectivity index (χ1n) is 9.66. The monoisotopic (exact) mass is 397 g/mol. The van der Waals surface area contributed by atoms with Gasteiger partial charge in [-0.1, -0.05) is 17.7 Å². The number of aryl methyl sites for hydroxylation is 1. The van der Waals surface area contributed by atoms with Crippen LogP contribution in [0.3, 0.4) is 0 Å². The lowest BCUT2D eigenvalue weighted by atomic mass is 10.1. The summed E-state index contributed by atoms with van der Waals surface area (Å²) >= 11 is 6.11. The van der Waals surface area contributed by atoms with Gasteiger partial charge >= 0.3 is 0 Å². The molecule has 1 heterocycles. The summed E-state index contributed by atoms with van der Waals surface area (Å²) in [6, 6.07) is 12.0. The Morgan fingerprint density at radius 1 is 1.04 bits per heavy atom. The molecule has 1 N–H and O–H groups in total. The van der Waals surface area contributed by atoms with Gasteiger partial charge in [0, 0.05) is 55.4 Å². The highest BCUT2D eigenvalue weighted by atomic mass is 35.5. The van der Waals surface area contributed by atoms with Crippen LogP contribution in [0, 0.1) is 6.92 Å². The molecular formula is C22H24ClN3O2. The van der Waals surface area contributed by atoms with Crippen molar-refractivity contribution >= 4 is 34.7 Å². The Hall–Kier alpha value is -2.53. The topological polar surface area (TPSA) is 52.6 Å². The first kappa shape index (κ1) is 18.8. The largest absolute Gasteiger partial charge is 0.376 e. The molecule has 0 bridgehead atoms. The van der Waals surface area contributed by atoms with E-state index in [2.05, 4.69) is 16.3 Å². The molecule has 2 aromatic rings. The van der Waals surface area contributed by atoms with Crippen molar-refractivity contribution in [2.75, 3.05) is 42.9 Å². The van der Waals surface area contributed by atoms with E-state index in [-0.39, 0.29) is 18.2 Å². The molecule has 146 valence electrons. The second-order valence-electron chi connectivity index (χ2n) is 7.53. The van der Waals surface area contributed by atoms with Crippen molar-refractivity contribution in [1.82, 2.24) is 4.90 Å². The average Bonchev–Trinajstić information content (AvgIpc) is 3.07. The average molecular weight is 398 g/mol. The number of fused-ring (bicyclic) bond motifs is 1. The van der Waals surface area contributed by atoms with Crippen LogP contribution < -0.4 is 10.2 Å². The fourth-order valence-corrected chi connectivity index (χ4v) is 4.01. The van der Waals surface area contributed by atoms with Crippen molar-refractivity contribution in [3.8, 4) is 0 Å². The summed E-state index contributed by atoms with van der Waals surface area (Å²) in [6.07, 6.45) is 1.04. The number of anilines is 2. The van der Waals surface area contributed by atoms with E-state index in [0.717, 1.165) is 46.2 Å². The predicted molar refractivity (Wildman–Crippen MR) is 112 cm³/mol. The third-order valence-electron chi connectivity index (χ3n) is 5.56. The van der Waals surface area contributed by atoms with Crippen LogP contribution in [0.5, 0.6) is 0 Å². The van der Waals surface area contributed by atoms with Gasteiger partial charge in [0.15, 0.2) is 0 Å². The third-order valence-corrected chi connectivity index (χ3v) is 5.99. The van der Waals surface area contributed by atoms with Crippen LogP contribution in [0.1, 0.15) is 16.7 Å². The number of rotatable bonds is 4. The van der Waals surface area contributed by atoms with E-state index in [0.29, 0.717) is 25.9 Å². The molecule has 4 rings (SSSR count). The Bertz CT molecular complexity index is 920. The maximum absolute atomic E-state index is 12.6. The van der Waals surface area contributed by atoms with Crippen LogP contribution in [0.25, 0.3) is 0 Å². The number of carbonyl (C=O) groups is 2. The third kappa shape index (κ3) is 3.99. The van der Waals surface area contributed by atoms with Gasteiger partial charge in [-0.15, -0.1) is 0 Å². The molecule has 1 aliphatic carbocycles. The van der Waals surface area contributed by atoms with Gasteiger partial charge in [0.1, 0.15) is 5.78 Å². The highest BCUT2D eigenvalue weighted by molar-refractivity contribution is 6.31. The number of piperazine rings is 1. The van der Waals surface area contributed by atoms with Crippen molar-refractivity contribution < 1.29 is 9.59 Å². The SMILES string of the molecule is Cc1cc(N2CCN(C(=O)CNc3ccc4c(c3)CC(=O)C4)CC2)ccc1Cl. The number of nitrogens with one attached hydrogen (secondary N) is 1. The Balaban J connectivity index is 1.29. The number of nitrogens with zero attached hydrogens (tertiary/aromatic N) is 2. The molecule has 1 aliphatic heterocycles. The molecule has 0 radical (unpaired) electrons. The van der Waals surface area contributed by atoms with Gasteiger partial charge in [-0.2, -0.15) is 0 Å². The van der Waals surface area contributed by atoms with Gasteiger partial charge in [-0.25, -0.2) is 0 Å². The van der Waals surface area contributed by atoms with Crippen molar-refractivity contribution in [3.05, 3.63) is 58.1 Å². The van der Waals surface area contributed by atoms with Crippen molar-refractivity contribution in [2.24, 2.45) is 0 Å². The Morgan fingerprint density at radius 3 is 2.54 bits per heavy atom. The molecule has 0 unspecified atom stereocenters. The normalized spacial score (nSPS) is 16.3. The van der Waals surface area contributed by atoms with Crippen LogP contribution >= 0.6 is 11.6 Å². The van der Waals surface area contributed by atoms with E-state index >= 15 is 0 Å². The summed E-state index contributed by atoms with van der Waals surface area (Å²) in [6.45, 7) is 5.32. The maximum atomic E-state index is 12.6. The first-order chi connectivity index (χ1) is 13.5. The van der Waals surface area contributed by atoms with Crippen LogP contribution in [-0.2, 0) is 22.4 Å². The van der Waals surface area contributed by atoms with Crippen molar-refractivity contribution in [1.29, 1.82) is 0 Å². The smallest absolute Gasteiger partial charge is 0.241 e. The lowest BCUT2D eigenvalue weighted by Crippen LogP contribution is -2.50. The lowest BCUT2D eigenvalue weighted by molar-refractivity contribution is -0.129. The maximum Gasteiger partial charge on any atom is 0.241 e. The van der Waals surface area contributed by atoms with Gasteiger partial charge in [0.25, 0.3) is 0 Å². The highest BCUT2D eigenvalue weighted by Crippen LogP contribution is 2.24. The molecule has 6 heteroatoms. The number of amides is 1. The van der Waals surface area contributed by atoms with E-state index in [4.69, 9.17) is 11.6 Å². The zero-order valence-electron chi connectivity index (χ0n) is 16.0. The van der Waals surface area contributed by atoms with Gasteiger partial charge in [-0.05, 0) is 53.9 Å². The van der Waals surface area contributed by atoms with E-state index in [1.807, 2.05) is 42.2 Å². The molecule has 0 aromatic heterocycles. The van der Waals surface area contributed by atoms with E-state index < -0.39 is 0 Å². The van der Waals surface area contributed by atoms with Gasteiger partial charge in [0.2, 0.25) is 5.91 Å². The fraction of sp³-hybridized carbons (Fsp3) is 0.364. The summed E-state index contributed by atoms with van der Waals surface area (Å²) in [5, 5.41) is 3.99. The van der Waals surface area contributed by atoms with E-state index in [1.54, 1.807) is 0 Å². The summed E-state index contributed by atoms with van der Waals surface area (Å²) in [7, 11) is 0. The second kappa shape index (κ2) is 7.84. The molecule has 2 aliphatic rings. The molecule has 1 amide bonds. The Kier molecular flexibility index (Phi) is 5.27. The van der Waals surface area contributed by atoms with Crippen molar-refractivity contribution in [3.63, 3.8) is 0 Å². The molecule has 0 spiro atoms. The summed E-state index contributed by atoms with van der Waals surface area (Å²) in [5.74, 6) is 0.362. The second-order valence-corrected chi connectivity index (χ2v) is 7.94. The lowest BCUT2D eigenvalue weighted by Gasteiger charge is -2.36. The molecule has 5 nitrogen and oxygen atoms in total. The standard InChI is InChI=1S/C22H24ClN3O2/c1-15-10-19(4-5-21(15)23)25-6-8-26(9-7-25)22(28)14-24-18-3-2-16-12-20(27)13-17(16)11-18/h2-5,10-11,24H,6-9,12-14H2,1H3. The number of benzene rings is 2. The van der Waals surface area contributed by atoms with Gasteiger partial charge in [0.05, 0.1) is 6.54 Å².